The maximum absolute atomic E-state index is 12.1. The lowest BCUT2D eigenvalue weighted by atomic mass is 9.96. The quantitative estimate of drug-likeness (QED) is 0.352. The Morgan fingerprint density at radius 2 is 2.03 bits per heavy atom. The van der Waals surface area contributed by atoms with Gasteiger partial charge in [-0.25, -0.2) is 15.0 Å². The Hall–Kier alpha value is -2.28. The summed E-state index contributed by atoms with van der Waals surface area (Å²) in [7, 11) is 0. The van der Waals surface area contributed by atoms with E-state index in [9.17, 15) is 4.79 Å². The zero-order valence-corrected chi connectivity index (χ0v) is 20.4. The zero-order valence-electron chi connectivity index (χ0n) is 17.4. The number of hydrogen-bond donors (Lipinski definition) is 2. The largest absolute Gasteiger partial charge is 0.454 e. The normalized spacial score (nSPS) is 13.0. The molecule has 1 amide bonds. The summed E-state index contributed by atoms with van der Waals surface area (Å²) in [5.74, 6) is 1.83. The number of ether oxygens (including phenoxy) is 2. The average Bonchev–Trinajstić information content (AvgIpc) is 3.29. The van der Waals surface area contributed by atoms with E-state index in [4.69, 9.17) is 20.2 Å². The van der Waals surface area contributed by atoms with E-state index in [0.29, 0.717) is 30.1 Å². The molecule has 11 heteroatoms. The van der Waals surface area contributed by atoms with Crippen LogP contribution in [-0.2, 0) is 11.3 Å². The number of nitrogens with two attached hydrogens (primary N) is 1. The van der Waals surface area contributed by atoms with Crippen molar-refractivity contribution in [1.82, 2.24) is 24.8 Å². The monoisotopic (exact) mass is 554 g/mol. The number of carbonyl (C=O) groups excluding carboxylic acids is 1. The van der Waals surface area contributed by atoms with Crippen molar-refractivity contribution < 1.29 is 14.3 Å². The first-order valence-corrected chi connectivity index (χ1v) is 11.7. The zero-order chi connectivity index (χ0) is 22.2. The number of aromatic nitrogens is 4. The Balaban J connectivity index is 1.58. The van der Waals surface area contributed by atoms with E-state index < -0.39 is 5.41 Å². The summed E-state index contributed by atoms with van der Waals surface area (Å²) in [6.07, 6.45) is 2.17. The highest BCUT2D eigenvalue weighted by Crippen LogP contribution is 2.41. The summed E-state index contributed by atoms with van der Waals surface area (Å²) >= 11 is 3.78. The first kappa shape index (κ1) is 21.9. The highest BCUT2D eigenvalue weighted by molar-refractivity contribution is 14.1. The maximum atomic E-state index is 12.1. The number of halogens is 1. The fourth-order valence-corrected chi connectivity index (χ4v) is 4.71. The number of amides is 1. The van der Waals surface area contributed by atoms with E-state index in [1.165, 1.54) is 18.1 Å². The lowest BCUT2D eigenvalue weighted by Crippen LogP contribution is -2.35. The fraction of sp³-hybridized carbons (Fsp3) is 0.400. The van der Waals surface area contributed by atoms with E-state index in [0.717, 1.165) is 31.5 Å². The molecule has 3 N–H and O–H groups in total. The van der Waals surface area contributed by atoms with Gasteiger partial charge >= 0.3 is 0 Å². The molecule has 1 aromatic carbocycles. The van der Waals surface area contributed by atoms with Crippen molar-refractivity contribution >= 4 is 57.2 Å². The molecule has 164 valence electrons. The molecule has 0 radical (unpaired) electrons. The van der Waals surface area contributed by atoms with Crippen LogP contribution in [0.3, 0.4) is 0 Å². The fourth-order valence-electron chi connectivity index (χ4n) is 2.99. The van der Waals surface area contributed by atoms with Gasteiger partial charge in [-0.1, -0.05) is 32.5 Å². The van der Waals surface area contributed by atoms with Gasteiger partial charge in [-0.2, -0.15) is 0 Å². The third kappa shape index (κ3) is 4.66. The van der Waals surface area contributed by atoms with Crippen LogP contribution in [-0.4, -0.2) is 38.8 Å². The highest BCUT2D eigenvalue weighted by Gasteiger charge is 2.22. The minimum absolute atomic E-state index is 0.0269. The lowest BCUT2D eigenvalue weighted by Gasteiger charge is -2.17. The van der Waals surface area contributed by atoms with Crippen molar-refractivity contribution in [3.8, 4) is 11.5 Å². The molecule has 0 fully saturated rings. The van der Waals surface area contributed by atoms with Crippen LogP contribution in [0.5, 0.6) is 11.5 Å². The van der Waals surface area contributed by atoms with Gasteiger partial charge in [0.05, 0.1) is 0 Å². The van der Waals surface area contributed by atoms with E-state index >= 15 is 0 Å². The number of imidazole rings is 1. The van der Waals surface area contributed by atoms with Gasteiger partial charge in [-0.15, -0.1) is 0 Å². The predicted octanol–water partition coefficient (Wildman–Crippen LogP) is 3.45. The Labute approximate surface area is 197 Å². The van der Waals surface area contributed by atoms with Crippen molar-refractivity contribution in [3.05, 3.63) is 22.0 Å². The first-order chi connectivity index (χ1) is 14.7. The standard InChI is InChI=1S/C20H23IN6O3S/c1-20(2,3)18(28)23-5-4-6-27-17-15(16(22)24-9-25-17)26-19(27)31-14-8-13-12(7-11(14)21)29-10-30-13/h7-9H,4-6,10H2,1-3H3,(H,23,28)(H2,22,24,25). The number of aryl methyl sites for hydroxylation is 1. The molecular weight excluding hydrogens is 531 g/mol. The number of anilines is 1. The SMILES string of the molecule is CC(C)(C)C(=O)NCCCn1c(Sc2cc3c(cc2I)OCO3)nc2c(N)ncnc21. The minimum atomic E-state index is -0.416. The third-order valence-corrected chi connectivity index (χ3v) is 6.99. The molecule has 0 aliphatic carbocycles. The van der Waals surface area contributed by atoms with Gasteiger partial charge in [0, 0.05) is 27.0 Å². The van der Waals surface area contributed by atoms with Crippen LogP contribution in [0.15, 0.2) is 28.5 Å². The van der Waals surface area contributed by atoms with E-state index in [1.54, 1.807) is 0 Å². The number of nitrogen functional groups attached to an aromatic ring is 1. The number of carbonyl (C=O) groups is 1. The second-order valence-electron chi connectivity index (χ2n) is 8.07. The van der Waals surface area contributed by atoms with Crippen molar-refractivity contribution in [1.29, 1.82) is 0 Å². The summed E-state index contributed by atoms with van der Waals surface area (Å²) in [5.41, 5.74) is 6.87. The second kappa shape index (κ2) is 8.69. The van der Waals surface area contributed by atoms with Crippen LogP contribution in [0.2, 0.25) is 0 Å². The van der Waals surface area contributed by atoms with Crippen molar-refractivity contribution in [3.63, 3.8) is 0 Å². The maximum Gasteiger partial charge on any atom is 0.231 e. The number of nitrogens with zero attached hydrogens (tertiary/aromatic N) is 4. The van der Waals surface area contributed by atoms with Crippen LogP contribution in [0.4, 0.5) is 5.82 Å². The smallest absolute Gasteiger partial charge is 0.231 e. The van der Waals surface area contributed by atoms with Gasteiger partial charge in [0.15, 0.2) is 33.6 Å². The van der Waals surface area contributed by atoms with Crippen molar-refractivity contribution in [2.75, 3.05) is 19.1 Å². The van der Waals surface area contributed by atoms with Crippen LogP contribution >= 0.6 is 34.4 Å². The summed E-state index contributed by atoms with van der Waals surface area (Å²) in [5, 5.41) is 3.73. The molecule has 3 heterocycles. The predicted molar refractivity (Wildman–Crippen MR) is 126 cm³/mol. The molecule has 1 aliphatic rings. The molecule has 0 unspecified atom stereocenters. The molecule has 0 spiro atoms. The van der Waals surface area contributed by atoms with E-state index in [2.05, 4.69) is 37.9 Å². The molecule has 9 nitrogen and oxygen atoms in total. The van der Waals surface area contributed by atoms with Crippen molar-refractivity contribution in [2.24, 2.45) is 5.41 Å². The van der Waals surface area contributed by atoms with Crippen LogP contribution in [0, 0.1) is 8.99 Å². The van der Waals surface area contributed by atoms with Gasteiger partial charge in [-0.3, -0.25) is 4.79 Å². The molecular formula is C20H23IN6O3S. The van der Waals surface area contributed by atoms with Gasteiger partial charge < -0.3 is 25.1 Å². The number of hydrogen-bond acceptors (Lipinski definition) is 8. The molecule has 31 heavy (non-hydrogen) atoms. The third-order valence-electron chi connectivity index (χ3n) is 4.68. The number of nitrogens with one attached hydrogen (secondary N) is 1. The molecule has 2 aromatic heterocycles. The summed E-state index contributed by atoms with van der Waals surface area (Å²) < 4.78 is 14.0. The molecule has 0 saturated carbocycles. The lowest BCUT2D eigenvalue weighted by molar-refractivity contribution is -0.128. The highest BCUT2D eigenvalue weighted by atomic mass is 127. The van der Waals surface area contributed by atoms with Gasteiger partial charge in [0.1, 0.15) is 6.33 Å². The van der Waals surface area contributed by atoms with Gasteiger partial charge in [0.25, 0.3) is 0 Å². The summed E-state index contributed by atoms with van der Waals surface area (Å²) in [6, 6.07) is 3.91. The Kier molecular flexibility index (Phi) is 6.15. The molecule has 0 bridgehead atoms. The second-order valence-corrected chi connectivity index (χ2v) is 10.2. The van der Waals surface area contributed by atoms with E-state index in [1.807, 2.05) is 37.5 Å². The topological polar surface area (TPSA) is 117 Å². The first-order valence-electron chi connectivity index (χ1n) is 9.76. The average molecular weight is 554 g/mol. The summed E-state index contributed by atoms with van der Waals surface area (Å²) in [4.78, 5) is 26.3. The molecule has 4 rings (SSSR count). The minimum Gasteiger partial charge on any atom is -0.454 e. The number of fused-ring (bicyclic) bond motifs is 2. The van der Waals surface area contributed by atoms with Gasteiger partial charge in [0.2, 0.25) is 12.7 Å². The molecule has 0 atom stereocenters. The van der Waals surface area contributed by atoms with Crippen molar-refractivity contribution in [2.45, 2.75) is 43.8 Å². The molecule has 3 aromatic rings. The number of rotatable bonds is 6. The van der Waals surface area contributed by atoms with Gasteiger partial charge in [-0.05, 0) is 41.1 Å². The Morgan fingerprint density at radius 3 is 2.77 bits per heavy atom. The number of benzene rings is 1. The Bertz CT molecular complexity index is 1140. The van der Waals surface area contributed by atoms with Crippen LogP contribution in [0.1, 0.15) is 27.2 Å². The Morgan fingerprint density at radius 1 is 1.29 bits per heavy atom. The molecule has 0 saturated heterocycles. The summed E-state index contributed by atoms with van der Waals surface area (Å²) in [6.45, 7) is 7.10. The molecule has 1 aliphatic heterocycles. The van der Waals surface area contributed by atoms with Crippen LogP contribution < -0.4 is 20.5 Å². The van der Waals surface area contributed by atoms with E-state index in [-0.39, 0.29) is 12.7 Å². The van der Waals surface area contributed by atoms with Crippen LogP contribution in [0.25, 0.3) is 11.2 Å².